The Morgan fingerprint density at radius 1 is 1.38 bits per heavy atom. The number of carboxylic acids is 1. The number of aromatic carboxylic acids is 1. The van der Waals surface area contributed by atoms with Crippen molar-refractivity contribution >= 4 is 21.8 Å². The Kier molecular flexibility index (Phi) is 5.06. The highest BCUT2D eigenvalue weighted by molar-refractivity contribution is 7.92. The van der Waals surface area contributed by atoms with Crippen molar-refractivity contribution in [3.63, 3.8) is 0 Å². The molecule has 1 rings (SSSR count). The fraction of sp³-hybridized carbons (Fsp3) is 0.462. The van der Waals surface area contributed by atoms with Gasteiger partial charge in [0.15, 0.2) is 0 Å². The zero-order valence-corrected chi connectivity index (χ0v) is 13.1. The van der Waals surface area contributed by atoms with Crippen molar-refractivity contribution in [3.05, 3.63) is 29.6 Å². The van der Waals surface area contributed by atoms with Gasteiger partial charge in [-0.3, -0.25) is 4.98 Å². The van der Waals surface area contributed by atoms with Gasteiger partial charge in [-0.05, 0) is 32.9 Å². The third kappa shape index (κ3) is 6.35. The molecule has 1 amide bonds. The Morgan fingerprint density at radius 2 is 2.00 bits per heavy atom. The number of aromatic nitrogens is 1. The second-order valence-electron chi connectivity index (χ2n) is 5.52. The summed E-state index contributed by atoms with van der Waals surface area (Å²) in [6.45, 7) is 5.05. The van der Waals surface area contributed by atoms with Gasteiger partial charge in [-0.2, -0.15) is 0 Å². The van der Waals surface area contributed by atoms with E-state index in [2.05, 4.69) is 9.35 Å². The Hall–Kier alpha value is -1.96. The van der Waals surface area contributed by atoms with Crippen molar-refractivity contribution < 1.29 is 23.6 Å². The van der Waals surface area contributed by atoms with Crippen LogP contribution in [0, 0.1) is 0 Å². The van der Waals surface area contributed by atoms with Gasteiger partial charge in [0.05, 0.1) is 26.7 Å². The van der Waals surface area contributed by atoms with Crippen LogP contribution in [-0.4, -0.2) is 38.2 Å². The molecule has 0 aliphatic rings. The molecule has 1 aromatic heterocycles. The summed E-state index contributed by atoms with van der Waals surface area (Å²) in [7, 11) is -2.85. The molecule has 1 atom stereocenters. The summed E-state index contributed by atoms with van der Waals surface area (Å²) < 4.78 is 20.8. The molecule has 116 valence electrons. The number of nitrogens with zero attached hydrogens (tertiary/aromatic N) is 2. The second-order valence-corrected chi connectivity index (χ2v) is 7.91. The van der Waals surface area contributed by atoms with E-state index in [1.54, 1.807) is 20.8 Å². The number of carbonyl (C=O) groups is 2. The van der Waals surface area contributed by atoms with Crippen molar-refractivity contribution in [2.24, 2.45) is 4.36 Å². The monoisotopic (exact) mass is 314 g/mol. The van der Waals surface area contributed by atoms with E-state index in [1.807, 2.05) is 0 Å². The van der Waals surface area contributed by atoms with Crippen LogP contribution >= 0.6 is 0 Å². The van der Waals surface area contributed by atoms with E-state index < -0.39 is 27.4 Å². The standard InChI is InChI=1S/C13H18N2O5S/c1-13(2,3)20-12(18)15-21(4,19)8-10-6-5-9(7-14-10)11(16)17/h5-7H,8H2,1-4H3,(H,16,17). The van der Waals surface area contributed by atoms with Gasteiger partial charge in [0.2, 0.25) is 0 Å². The normalized spacial score (nSPS) is 14.1. The first-order valence-corrected chi connectivity index (χ1v) is 8.19. The molecule has 0 aliphatic carbocycles. The average molecular weight is 314 g/mol. The summed E-state index contributed by atoms with van der Waals surface area (Å²) in [6.07, 6.45) is 1.60. The smallest absolute Gasteiger partial charge is 0.442 e. The molecule has 1 aromatic rings. The molecule has 7 nitrogen and oxygen atoms in total. The minimum Gasteiger partial charge on any atom is -0.478 e. The summed E-state index contributed by atoms with van der Waals surface area (Å²) in [4.78, 5) is 26.1. The first kappa shape index (κ1) is 17.1. The molecule has 0 fully saturated rings. The third-order valence-electron chi connectivity index (χ3n) is 2.15. The maximum absolute atomic E-state index is 12.2. The molecular formula is C13H18N2O5S. The molecule has 1 heterocycles. The van der Waals surface area contributed by atoms with Crippen molar-refractivity contribution in [1.29, 1.82) is 0 Å². The van der Waals surface area contributed by atoms with Crippen LogP contribution in [0.2, 0.25) is 0 Å². The van der Waals surface area contributed by atoms with Crippen molar-refractivity contribution in [2.75, 3.05) is 6.26 Å². The van der Waals surface area contributed by atoms with E-state index in [9.17, 15) is 13.8 Å². The van der Waals surface area contributed by atoms with E-state index in [4.69, 9.17) is 9.84 Å². The van der Waals surface area contributed by atoms with E-state index >= 15 is 0 Å². The lowest BCUT2D eigenvalue weighted by Gasteiger charge is -2.17. The Morgan fingerprint density at radius 3 is 2.43 bits per heavy atom. The van der Waals surface area contributed by atoms with E-state index in [0.717, 1.165) is 0 Å². The lowest BCUT2D eigenvalue weighted by Crippen LogP contribution is -2.22. The summed E-state index contributed by atoms with van der Waals surface area (Å²) in [5.74, 6) is -1.16. The van der Waals surface area contributed by atoms with Gasteiger partial charge < -0.3 is 9.84 Å². The van der Waals surface area contributed by atoms with Gasteiger partial charge in [-0.25, -0.2) is 13.8 Å². The lowest BCUT2D eigenvalue weighted by molar-refractivity contribution is 0.0606. The molecule has 21 heavy (non-hydrogen) atoms. The van der Waals surface area contributed by atoms with E-state index in [1.165, 1.54) is 24.6 Å². The van der Waals surface area contributed by atoms with Gasteiger partial charge >= 0.3 is 12.1 Å². The third-order valence-corrected chi connectivity index (χ3v) is 3.52. The predicted octanol–water partition coefficient (Wildman–Crippen LogP) is 2.31. The number of pyridine rings is 1. The molecule has 0 aliphatic heterocycles. The molecular weight excluding hydrogens is 296 g/mol. The number of carbonyl (C=O) groups excluding carboxylic acids is 1. The number of hydrogen-bond donors (Lipinski definition) is 1. The molecule has 0 spiro atoms. The molecule has 0 saturated carbocycles. The molecule has 8 heteroatoms. The topological polar surface area (TPSA) is 106 Å². The number of rotatable bonds is 3. The Balaban J connectivity index is 2.87. The fourth-order valence-electron chi connectivity index (χ4n) is 1.38. The van der Waals surface area contributed by atoms with Crippen LogP contribution in [0.4, 0.5) is 4.79 Å². The number of amides is 1. The van der Waals surface area contributed by atoms with Crippen LogP contribution in [-0.2, 0) is 20.2 Å². The molecule has 1 N–H and O–H groups in total. The zero-order chi connectivity index (χ0) is 16.3. The number of hydrogen-bond acceptors (Lipinski definition) is 5. The van der Waals surface area contributed by atoms with Gasteiger partial charge in [0, 0.05) is 12.5 Å². The van der Waals surface area contributed by atoms with E-state index in [0.29, 0.717) is 5.69 Å². The van der Waals surface area contributed by atoms with Crippen LogP contribution in [0.1, 0.15) is 36.8 Å². The average Bonchev–Trinajstić information content (AvgIpc) is 2.24. The van der Waals surface area contributed by atoms with Gasteiger partial charge in [-0.15, -0.1) is 4.36 Å². The van der Waals surface area contributed by atoms with Crippen molar-refractivity contribution in [1.82, 2.24) is 4.98 Å². The summed E-state index contributed by atoms with van der Waals surface area (Å²) >= 11 is 0. The predicted molar refractivity (Wildman–Crippen MR) is 77.6 cm³/mol. The molecule has 0 aromatic carbocycles. The highest BCUT2D eigenvalue weighted by Crippen LogP contribution is 2.11. The van der Waals surface area contributed by atoms with Gasteiger partial charge in [-0.1, -0.05) is 0 Å². The maximum atomic E-state index is 12.2. The van der Waals surface area contributed by atoms with E-state index in [-0.39, 0.29) is 11.3 Å². The van der Waals surface area contributed by atoms with Crippen molar-refractivity contribution in [2.45, 2.75) is 32.1 Å². The first-order chi connectivity index (χ1) is 9.48. The van der Waals surface area contributed by atoms with Crippen LogP contribution in [0.25, 0.3) is 0 Å². The van der Waals surface area contributed by atoms with Crippen molar-refractivity contribution in [3.8, 4) is 0 Å². The van der Waals surface area contributed by atoms with Crippen LogP contribution in [0.5, 0.6) is 0 Å². The van der Waals surface area contributed by atoms with Crippen LogP contribution in [0.15, 0.2) is 22.7 Å². The molecule has 0 radical (unpaired) electrons. The Bertz CT molecular complexity index is 652. The molecule has 0 bridgehead atoms. The minimum absolute atomic E-state index is 0.0328. The highest BCUT2D eigenvalue weighted by Gasteiger charge is 2.17. The highest BCUT2D eigenvalue weighted by atomic mass is 32.2. The summed E-state index contributed by atoms with van der Waals surface area (Å²) in [5.41, 5.74) is -0.289. The van der Waals surface area contributed by atoms with Crippen LogP contribution < -0.4 is 0 Å². The number of carboxylic acid groups (broad SMARTS) is 1. The minimum atomic E-state index is -2.85. The number of ether oxygens (including phenoxy) is 1. The fourth-order valence-corrected chi connectivity index (χ4v) is 2.52. The Labute approximate surface area is 123 Å². The largest absolute Gasteiger partial charge is 0.478 e. The summed E-state index contributed by atoms with van der Waals surface area (Å²) in [6, 6.07) is 2.80. The zero-order valence-electron chi connectivity index (χ0n) is 12.3. The SMILES string of the molecule is CC(C)(C)OC(=O)N=S(C)(=O)Cc1ccc(C(=O)O)cn1. The molecule has 0 saturated heterocycles. The van der Waals surface area contributed by atoms with Crippen LogP contribution in [0.3, 0.4) is 0 Å². The maximum Gasteiger partial charge on any atom is 0.442 e. The lowest BCUT2D eigenvalue weighted by atomic mass is 10.2. The summed E-state index contributed by atoms with van der Waals surface area (Å²) in [5, 5.41) is 8.76. The first-order valence-electron chi connectivity index (χ1n) is 6.09. The van der Waals surface area contributed by atoms with Gasteiger partial charge in [0.1, 0.15) is 5.60 Å². The van der Waals surface area contributed by atoms with Gasteiger partial charge in [0.25, 0.3) is 0 Å². The second kappa shape index (κ2) is 6.21. The molecule has 1 unspecified atom stereocenters. The quantitative estimate of drug-likeness (QED) is 0.917.